The van der Waals surface area contributed by atoms with Crippen molar-refractivity contribution in [3.8, 4) is 11.8 Å². The summed E-state index contributed by atoms with van der Waals surface area (Å²) in [5, 5.41) is 18.8. The van der Waals surface area contributed by atoms with E-state index in [0.717, 1.165) is 4.57 Å². The number of nitrogens with zero attached hydrogens (tertiary/aromatic N) is 2. The highest BCUT2D eigenvalue weighted by atomic mass is 79.9. The normalized spacial score (nSPS) is 12.1. The molecule has 0 bridgehead atoms. The minimum Gasteiger partial charge on any atom is -0.507 e. The summed E-state index contributed by atoms with van der Waals surface area (Å²) in [4.78, 5) is 12.6. The number of halogens is 4. The van der Waals surface area contributed by atoms with Gasteiger partial charge in [-0.05, 0) is 59.6 Å². The number of hydrogen-bond donors (Lipinski definition) is 1. The number of aromatic nitrogens is 1. The van der Waals surface area contributed by atoms with Gasteiger partial charge in [-0.15, -0.1) is 0 Å². The number of allylic oxidation sites excluding steroid dienone is 1. The van der Waals surface area contributed by atoms with E-state index in [2.05, 4.69) is 15.9 Å². The highest BCUT2D eigenvalue weighted by molar-refractivity contribution is 9.10. The Morgan fingerprint density at radius 1 is 1.35 bits per heavy atom. The Labute approximate surface area is 156 Å². The van der Waals surface area contributed by atoms with Crippen LogP contribution < -0.4 is 0 Å². The van der Waals surface area contributed by atoms with E-state index in [4.69, 9.17) is 0 Å². The maximum Gasteiger partial charge on any atom is 0.406 e. The minimum absolute atomic E-state index is 0.00248. The first-order valence-electron chi connectivity index (χ1n) is 7.42. The average Bonchev–Trinajstić information content (AvgIpc) is 2.82. The Morgan fingerprint density at radius 3 is 2.54 bits per heavy atom. The van der Waals surface area contributed by atoms with Gasteiger partial charge in [0.25, 0.3) is 0 Å². The minimum atomic E-state index is -4.42. The van der Waals surface area contributed by atoms with E-state index in [9.17, 15) is 28.3 Å². The monoisotopic (exact) mass is 426 g/mol. The zero-order valence-corrected chi connectivity index (χ0v) is 15.4. The molecule has 0 fully saturated rings. The van der Waals surface area contributed by atoms with Gasteiger partial charge in [-0.25, -0.2) is 0 Å². The lowest BCUT2D eigenvalue weighted by Crippen LogP contribution is -2.19. The van der Waals surface area contributed by atoms with Crippen LogP contribution in [0.15, 0.2) is 34.3 Å². The Balaban J connectivity index is 2.43. The molecule has 0 unspecified atom stereocenters. The predicted octanol–water partition coefficient (Wildman–Crippen LogP) is 4.93. The topological polar surface area (TPSA) is 66.0 Å². The van der Waals surface area contributed by atoms with E-state index in [1.807, 2.05) is 0 Å². The lowest BCUT2D eigenvalue weighted by molar-refractivity contribution is -0.141. The van der Waals surface area contributed by atoms with Crippen LogP contribution in [0.1, 0.15) is 27.3 Å². The van der Waals surface area contributed by atoms with Crippen molar-refractivity contribution in [2.24, 2.45) is 0 Å². The van der Waals surface area contributed by atoms with E-state index in [0.29, 0.717) is 10.0 Å². The number of hydrogen-bond acceptors (Lipinski definition) is 3. The van der Waals surface area contributed by atoms with Crippen LogP contribution in [0.5, 0.6) is 5.75 Å². The third-order valence-electron chi connectivity index (χ3n) is 3.80. The van der Waals surface area contributed by atoms with Crippen molar-refractivity contribution >= 4 is 27.8 Å². The van der Waals surface area contributed by atoms with Crippen molar-refractivity contribution in [1.29, 1.82) is 5.26 Å². The molecule has 0 aliphatic carbocycles. The second kappa shape index (κ2) is 7.38. The van der Waals surface area contributed by atoms with Gasteiger partial charge in [0.2, 0.25) is 5.78 Å². The van der Waals surface area contributed by atoms with Crippen molar-refractivity contribution < 1.29 is 23.1 Å². The van der Waals surface area contributed by atoms with Gasteiger partial charge >= 0.3 is 6.18 Å². The molecule has 1 aromatic carbocycles. The molecule has 0 atom stereocenters. The van der Waals surface area contributed by atoms with E-state index in [-0.39, 0.29) is 28.3 Å². The average molecular weight is 427 g/mol. The van der Waals surface area contributed by atoms with E-state index in [1.165, 1.54) is 44.2 Å². The lowest BCUT2D eigenvalue weighted by Gasteiger charge is -2.12. The molecule has 4 nitrogen and oxygen atoms in total. The van der Waals surface area contributed by atoms with E-state index < -0.39 is 18.5 Å². The summed E-state index contributed by atoms with van der Waals surface area (Å²) in [6.45, 7) is 1.69. The van der Waals surface area contributed by atoms with Gasteiger partial charge in [-0.1, -0.05) is 6.07 Å². The smallest absolute Gasteiger partial charge is 0.406 e. The fraction of sp³-hybridized carbons (Fsp3) is 0.222. The highest BCUT2D eigenvalue weighted by Gasteiger charge is 2.30. The van der Waals surface area contributed by atoms with Crippen molar-refractivity contribution in [2.45, 2.75) is 26.6 Å². The first kappa shape index (κ1) is 19.8. The molecule has 2 aromatic rings. The number of aromatic hydroxyl groups is 1. The number of carbonyl (C=O) groups excluding carboxylic acids is 1. The molecule has 136 valence electrons. The Bertz CT molecular complexity index is 937. The molecule has 0 amide bonds. The summed E-state index contributed by atoms with van der Waals surface area (Å²) in [5.41, 5.74) is 0.765. The van der Waals surface area contributed by atoms with Crippen LogP contribution in [-0.2, 0) is 6.54 Å². The number of phenolic OH excluding ortho intramolecular Hbond substituents is 1. The molecule has 0 spiro atoms. The van der Waals surface area contributed by atoms with Crippen LogP contribution in [0.25, 0.3) is 6.08 Å². The quantitative estimate of drug-likeness (QED) is 0.428. The summed E-state index contributed by atoms with van der Waals surface area (Å²) >= 11 is 3.14. The molecular weight excluding hydrogens is 413 g/mol. The maximum atomic E-state index is 12.7. The number of phenols is 1. The summed E-state index contributed by atoms with van der Waals surface area (Å²) in [7, 11) is 0. The van der Waals surface area contributed by atoms with Gasteiger partial charge in [-0.3, -0.25) is 4.79 Å². The van der Waals surface area contributed by atoms with E-state index >= 15 is 0 Å². The van der Waals surface area contributed by atoms with Crippen LogP contribution in [0.4, 0.5) is 13.2 Å². The predicted molar refractivity (Wildman–Crippen MR) is 93.7 cm³/mol. The van der Waals surface area contributed by atoms with Crippen LogP contribution in [0, 0.1) is 25.2 Å². The van der Waals surface area contributed by atoms with Gasteiger partial charge in [0, 0.05) is 17.0 Å². The van der Waals surface area contributed by atoms with Crippen LogP contribution in [0.2, 0.25) is 0 Å². The Morgan fingerprint density at radius 2 is 2.00 bits per heavy atom. The number of alkyl halides is 3. The molecule has 2 rings (SSSR count). The molecule has 8 heteroatoms. The number of carbonyl (C=O) groups is 1. The number of nitriles is 1. The zero-order valence-electron chi connectivity index (χ0n) is 13.9. The molecule has 26 heavy (non-hydrogen) atoms. The number of aryl methyl sites for hydroxylation is 1. The van der Waals surface area contributed by atoms with Gasteiger partial charge in [0.15, 0.2) is 0 Å². The molecular formula is C18H14BrF3N2O2. The number of benzene rings is 1. The van der Waals surface area contributed by atoms with Crippen molar-refractivity contribution in [3.63, 3.8) is 0 Å². The zero-order chi connectivity index (χ0) is 19.6. The Kier molecular flexibility index (Phi) is 5.62. The van der Waals surface area contributed by atoms with E-state index in [1.54, 1.807) is 6.07 Å². The molecule has 1 aromatic heterocycles. The molecule has 1 N–H and O–H groups in total. The highest BCUT2D eigenvalue weighted by Crippen LogP contribution is 2.27. The third-order valence-corrected chi connectivity index (χ3v) is 4.44. The SMILES string of the molecule is Cc1cc(C(=O)C(C#N)=Cc2ccc(O)c(Br)c2)c(C)n1CC(F)(F)F. The van der Waals surface area contributed by atoms with Gasteiger partial charge < -0.3 is 9.67 Å². The van der Waals surface area contributed by atoms with Gasteiger partial charge in [0.05, 0.1) is 4.47 Å². The number of ketones is 1. The molecule has 0 aliphatic rings. The number of rotatable bonds is 4. The lowest BCUT2D eigenvalue weighted by atomic mass is 10.0. The first-order chi connectivity index (χ1) is 12.0. The second-order valence-electron chi connectivity index (χ2n) is 5.70. The third kappa shape index (κ3) is 4.35. The van der Waals surface area contributed by atoms with Crippen LogP contribution >= 0.6 is 15.9 Å². The standard InChI is InChI=1S/C18H14BrF3N2O2/c1-10-5-14(11(2)24(10)9-18(20,21)22)17(26)13(8-23)6-12-3-4-16(25)15(19)7-12/h3-7,25H,9H2,1-2H3. The fourth-order valence-corrected chi connectivity index (χ4v) is 2.92. The molecule has 0 saturated carbocycles. The summed E-state index contributed by atoms with van der Waals surface area (Å²) in [5.74, 6) is -0.652. The summed E-state index contributed by atoms with van der Waals surface area (Å²) < 4.78 is 39.5. The summed E-state index contributed by atoms with van der Waals surface area (Å²) in [6.07, 6.45) is -3.09. The van der Waals surface area contributed by atoms with Gasteiger partial charge in [-0.2, -0.15) is 18.4 Å². The largest absolute Gasteiger partial charge is 0.507 e. The number of Topliss-reactive ketones (excluding diaryl/α,β-unsaturated/α-hetero) is 1. The second-order valence-corrected chi connectivity index (χ2v) is 6.55. The molecule has 0 saturated heterocycles. The van der Waals surface area contributed by atoms with Crippen LogP contribution in [0.3, 0.4) is 0 Å². The van der Waals surface area contributed by atoms with Crippen molar-refractivity contribution in [3.05, 3.63) is 56.8 Å². The molecule has 0 aliphatic heterocycles. The summed E-state index contributed by atoms with van der Waals surface area (Å²) in [6, 6.07) is 7.56. The van der Waals surface area contributed by atoms with Gasteiger partial charge in [0.1, 0.15) is 23.9 Å². The van der Waals surface area contributed by atoms with Crippen molar-refractivity contribution in [2.75, 3.05) is 0 Å². The molecule has 1 heterocycles. The van der Waals surface area contributed by atoms with Crippen molar-refractivity contribution in [1.82, 2.24) is 4.57 Å². The first-order valence-corrected chi connectivity index (χ1v) is 8.21. The molecule has 0 radical (unpaired) electrons. The fourth-order valence-electron chi connectivity index (χ4n) is 2.53. The van der Waals surface area contributed by atoms with Crippen LogP contribution in [-0.4, -0.2) is 21.6 Å². The maximum absolute atomic E-state index is 12.7. The Hall–Kier alpha value is -2.53.